The zero-order valence-electron chi connectivity index (χ0n) is 15.7. The predicted molar refractivity (Wildman–Crippen MR) is 119 cm³/mol. The van der Waals surface area contributed by atoms with E-state index < -0.39 is 10.9 Å². The highest BCUT2D eigenvalue weighted by molar-refractivity contribution is 9.10. The molecule has 31 heavy (non-hydrogen) atoms. The topological polar surface area (TPSA) is 127 Å². The standard InChI is InChI=1S/C20H14BrClN4O5/c21-16-7-13(9-24-25-18-6-5-15(10-23-18)26(29)30)8-17(22)19(16)31-11-12-1-3-14(4-2-12)20(27)28/h1-10H,11H2,(H,23,25)(H,27,28). The lowest BCUT2D eigenvalue weighted by Crippen LogP contribution is -2.00. The molecule has 0 aliphatic carbocycles. The molecule has 0 fully saturated rings. The van der Waals surface area contributed by atoms with E-state index in [1.54, 1.807) is 24.3 Å². The molecule has 3 rings (SSSR count). The number of hydrogen-bond donors (Lipinski definition) is 2. The predicted octanol–water partition coefficient (Wildman–Crippen LogP) is 5.13. The van der Waals surface area contributed by atoms with E-state index in [2.05, 4.69) is 31.4 Å². The van der Waals surface area contributed by atoms with Crippen LogP contribution in [0.3, 0.4) is 0 Å². The number of nitro groups is 1. The van der Waals surface area contributed by atoms with Gasteiger partial charge in [-0.15, -0.1) is 0 Å². The number of benzene rings is 2. The molecule has 158 valence electrons. The summed E-state index contributed by atoms with van der Waals surface area (Å²) >= 11 is 9.73. The largest absolute Gasteiger partial charge is 0.486 e. The summed E-state index contributed by atoms with van der Waals surface area (Å²) in [4.78, 5) is 24.9. The lowest BCUT2D eigenvalue weighted by Gasteiger charge is -2.11. The van der Waals surface area contributed by atoms with Crippen molar-refractivity contribution in [2.75, 3.05) is 5.43 Å². The highest BCUT2D eigenvalue weighted by Gasteiger charge is 2.10. The van der Waals surface area contributed by atoms with Gasteiger partial charge in [-0.1, -0.05) is 23.7 Å². The van der Waals surface area contributed by atoms with Crippen LogP contribution in [0.2, 0.25) is 5.02 Å². The van der Waals surface area contributed by atoms with Gasteiger partial charge in [0.2, 0.25) is 0 Å². The quantitative estimate of drug-likeness (QED) is 0.247. The molecular formula is C20H14BrClN4O5. The smallest absolute Gasteiger partial charge is 0.335 e. The van der Waals surface area contributed by atoms with Crippen molar-refractivity contribution < 1.29 is 19.6 Å². The van der Waals surface area contributed by atoms with Crippen LogP contribution in [0, 0.1) is 10.1 Å². The van der Waals surface area contributed by atoms with Crippen LogP contribution in [0.25, 0.3) is 0 Å². The minimum Gasteiger partial charge on any atom is -0.486 e. The van der Waals surface area contributed by atoms with Crippen molar-refractivity contribution in [1.29, 1.82) is 0 Å². The van der Waals surface area contributed by atoms with E-state index in [4.69, 9.17) is 21.4 Å². The molecule has 0 unspecified atom stereocenters. The molecule has 0 saturated heterocycles. The lowest BCUT2D eigenvalue weighted by atomic mass is 10.1. The number of halogens is 2. The van der Waals surface area contributed by atoms with Crippen LogP contribution in [0.4, 0.5) is 11.5 Å². The third-order valence-electron chi connectivity index (χ3n) is 3.96. The number of ether oxygens (including phenoxy) is 1. The Bertz CT molecular complexity index is 1110. The number of pyridine rings is 1. The average molecular weight is 506 g/mol. The summed E-state index contributed by atoms with van der Waals surface area (Å²) in [5.41, 5.74) is 4.22. The molecule has 0 aliphatic rings. The maximum atomic E-state index is 10.9. The molecule has 9 nitrogen and oxygen atoms in total. The van der Waals surface area contributed by atoms with Crippen LogP contribution in [0.15, 0.2) is 64.3 Å². The van der Waals surface area contributed by atoms with E-state index in [-0.39, 0.29) is 17.9 Å². The number of carbonyl (C=O) groups is 1. The van der Waals surface area contributed by atoms with Crippen LogP contribution >= 0.6 is 27.5 Å². The first-order chi connectivity index (χ1) is 14.8. The molecule has 2 aromatic carbocycles. The zero-order chi connectivity index (χ0) is 22.4. The van der Waals surface area contributed by atoms with Crippen LogP contribution in [0.1, 0.15) is 21.5 Å². The van der Waals surface area contributed by atoms with Crippen molar-refractivity contribution in [2.24, 2.45) is 5.10 Å². The first kappa shape index (κ1) is 22.2. The van der Waals surface area contributed by atoms with Gasteiger partial charge in [0.05, 0.1) is 26.2 Å². The van der Waals surface area contributed by atoms with Gasteiger partial charge in [-0.25, -0.2) is 9.78 Å². The van der Waals surface area contributed by atoms with Crippen LogP contribution in [-0.4, -0.2) is 27.2 Å². The van der Waals surface area contributed by atoms with E-state index in [9.17, 15) is 14.9 Å². The Kier molecular flexibility index (Phi) is 7.16. The van der Waals surface area contributed by atoms with Crippen LogP contribution in [-0.2, 0) is 6.61 Å². The minimum absolute atomic E-state index is 0.112. The van der Waals surface area contributed by atoms with Gasteiger partial charge in [0.15, 0.2) is 5.75 Å². The van der Waals surface area contributed by atoms with E-state index in [1.807, 2.05) is 0 Å². The molecule has 0 radical (unpaired) electrons. The van der Waals surface area contributed by atoms with Gasteiger partial charge < -0.3 is 9.84 Å². The molecule has 0 saturated carbocycles. The molecule has 0 aliphatic heterocycles. The normalized spacial score (nSPS) is 10.8. The number of hydrogen-bond acceptors (Lipinski definition) is 7. The number of anilines is 1. The number of nitrogens with zero attached hydrogens (tertiary/aromatic N) is 3. The maximum absolute atomic E-state index is 10.9. The summed E-state index contributed by atoms with van der Waals surface area (Å²) in [5, 5.41) is 24.0. The van der Waals surface area contributed by atoms with Gasteiger partial charge >= 0.3 is 5.97 Å². The third kappa shape index (κ3) is 6.00. The van der Waals surface area contributed by atoms with Crippen LogP contribution < -0.4 is 10.2 Å². The summed E-state index contributed by atoms with van der Waals surface area (Å²) in [5.74, 6) is -0.207. The van der Waals surface area contributed by atoms with Crippen LogP contribution in [0.5, 0.6) is 5.75 Å². The number of hydrazone groups is 1. The van der Waals surface area contributed by atoms with Gasteiger partial charge in [-0.05, 0) is 57.4 Å². The summed E-state index contributed by atoms with van der Waals surface area (Å²) in [6.07, 6.45) is 2.64. The minimum atomic E-state index is -0.991. The monoisotopic (exact) mass is 504 g/mol. The second-order valence-corrected chi connectivity index (χ2v) is 7.39. The fraction of sp³-hybridized carbons (Fsp3) is 0.0500. The Hall–Kier alpha value is -3.50. The molecule has 2 N–H and O–H groups in total. The molecule has 1 heterocycles. The molecule has 0 spiro atoms. The van der Waals surface area contributed by atoms with Crippen molar-refractivity contribution >= 4 is 51.2 Å². The number of carboxylic acids is 1. The van der Waals surface area contributed by atoms with Crippen molar-refractivity contribution in [3.8, 4) is 5.75 Å². The Morgan fingerprint density at radius 1 is 1.29 bits per heavy atom. The van der Waals surface area contributed by atoms with Crippen molar-refractivity contribution in [3.05, 3.63) is 91.0 Å². The second-order valence-electron chi connectivity index (χ2n) is 6.13. The highest BCUT2D eigenvalue weighted by atomic mass is 79.9. The van der Waals surface area contributed by atoms with Gasteiger partial charge in [-0.2, -0.15) is 5.10 Å². The van der Waals surface area contributed by atoms with Crippen molar-refractivity contribution in [3.63, 3.8) is 0 Å². The Labute approximate surface area is 189 Å². The van der Waals surface area contributed by atoms with Gasteiger partial charge in [0, 0.05) is 6.07 Å². The molecule has 11 heteroatoms. The summed E-state index contributed by atoms with van der Waals surface area (Å²) in [6.45, 7) is 0.207. The average Bonchev–Trinajstić information content (AvgIpc) is 2.74. The SMILES string of the molecule is O=C(O)c1ccc(COc2c(Cl)cc(C=NNc3ccc([N+](=O)[O-])cn3)cc2Br)cc1. The lowest BCUT2D eigenvalue weighted by molar-refractivity contribution is -0.385. The maximum Gasteiger partial charge on any atom is 0.335 e. The number of nitrogens with one attached hydrogen (secondary N) is 1. The van der Waals surface area contributed by atoms with E-state index >= 15 is 0 Å². The molecular weight excluding hydrogens is 492 g/mol. The second kappa shape index (κ2) is 10.0. The van der Waals surface area contributed by atoms with E-state index in [1.165, 1.54) is 30.5 Å². The molecule has 1 aromatic heterocycles. The van der Waals surface area contributed by atoms with Gasteiger partial charge in [0.25, 0.3) is 5.69 Å². The fourth-order valence-corrected chi connectivity index (χ4v) is 3.41. The van der Waals surface area contributed by atoms with Crippen molar-refractivity contribution in [2.45, 2.75) is 6.61 Å². The number of carboxylic acid groups (broad SMARTS) is 1. The Morgan fingerprint density at radius 2 is 2.03 bits per heavy atom. The number of aromatic carboxylic acids is 1. The first-order valence-corrected chi connectivity index (χ1v) is 9.84. The Balaban J connectivity index is 1.63. The van der Waals surface area contributed by atoms with Crippen molar-refractivity contribution in [1.82, 2.24) is 4.98 Å². The highest BCUT2D eigenvalue weighted by Crippen LogP contribution is 2.34. The Morgan fingerprint density at radius 3 is 2.61 bits per heavy atom. The van der Waals surface area contributed by atoms with Gasteiger partial charge in [0.1, 0.15) is 18.6 Å². The molecule has 0 bridgehead atoms. The summed E-state index contributed by atoms with van der Waals surface area (Å²) in [6, 6.07) is 12.5. The number of rotatable bonds is 8. The zero-order valence-corrected chi connectivity index (χ0v) is 18.0. The number of aromatic nitrogens is 1. The fourth-order valence-electron chi connectivity index (χ4n) is 2.42. The first-order valence-electron chi connectivity index (χ1n) is 8.67. The molecule has 3 aromatic rings. The third-order valence-corrected chi connectivity index (χ3v) is 4.83. The molecule has 0 amide bonds. The summed E-state index contributed by atoms with van der Waals surface area (Å²) < 4.78 is 6.37. The summed E-state index contributed by atoms with van der Waals surface area (Å²) in [7, 11) is 0. The van der Waals surface area contributed by atoms with E-state index in [0.29, 0.717) is 26.6 Å². The molecule has 0 atom stereocenters. The van der Waals surface area contributed by atoms with Gasteiger partial charge in [-0.3, -0.25) is 15.5 Å². The van der Waals surface area contributed by atoms with E-state index in [0.717, 1.165) is 11.8 Å².